The molecule has 65 heavy (non-hydrogen) atoms. The van der Waals surface area contributed by atoms with Gasteiger partial charge < -0.3 is 28.6 Å². The maximum Gasteiger partial charge on any atom is 0.409 e. The Morgan fingerprint density at radius 2 is 1.00 bits per heavy atom. The minimum Gasteiger partial charge on any atom is -0.465 e. The molecule has 9 heteroatoms. The highest BCUT2D eigenvalue weighted by atomic mass is 16.7. The summed E-state index contributed by atoms with van der Waals surface area (Å²) in [6, 6.07) is 0. The van der Waals surface area contributed by atoms with E-state index in [4.69, 9.17) is 23.7 Å². The zero-order valence-electron chi connectivity index (χ0n) is 43.0. The van der Waals surface area contributed by atoms with Crippen LogP contribution in [0.5, 0.6) is 0 Å². The number of hydrogen-bond acceptors (Lipinski definition) is 8. The Kier molecular flexibility index (Phi) is 40.8. The van der Waals surface area contributed by atoms with Gasteiger partial charge in [0.2, 0.25) is 0 Å². The molecule has 0 aromatic heterocycles. The number of likely N-dealkylation sites (tertiary alicyclic amines) is 1. The van der Waals surface area contributed by atoms with Crippen LogP contribution in [-0.4, -0.2) is 75.3 Å². The van der Waals surface area contributed by atoms with Gasteiger partial charge in [0.1, 0.15) is 13.2 Å². The van der Waals surface area contributed by atoms with Gasteiger partial charge in [-0.25, -0.2) is 4.79 Å². The van der Waals surface area contributed by atoms with Gasteiger partial charge >= 0.3 is 18.0 Å². The summed E-state index contributed by atoms with van der Waals surface area (Å²) in [7, 11) is 0. The number of unbranched alkanes of at least 4 members (excludes halogenated alkanes) is 19. The summed E-state index contributed by atoms with van der Waals surface area (Å²) in [4.78, 5) is 41.1. The van der Waals surface area contributed by atoms with Crippen LogP contribution in [0.2, 0.25) is 0 Å². The van der Waals surface area contributed by atoms with E-state index >= 15 is 0 Å². The van der Waals surface area contributed by atoms with E-state index < -0.39 is 11.7 Å². The number of amides is 1. The van der Waals surface area contributed by atoms with Crippen LogP contribution >= 0.6 is 0 Å². The Hall–Kier alpha value is -2.65. The fourth-order valence-electron chi connectivity index (χ4n) is 8.25. The first kappa shape index (κ1) is 60.4. The standard InChI is InChI=1S/C56H101NO8/c1-6-11-14-17-20-21-22-23-24-25-26-27-28-29-32-39-52(58)64-49-56(42-44-57(45-43-56)55(60)63-48-36-33-38-51(10-5)37-9-4)50-65-53(59)40-41-54(61-46-34-30-18-15-12-7-2)62-47-35-31-19-16-13-8-3/h20-21,23-24,37,54H,6-19,22,25-36,38-50H2,1-5H3/b21-20-,24-23-,51-37+. The van der Waals surface area contributed by atoms with E-state index in [0.29, 0.717) is 58.6 Å². The Bertz CT molecular complexity index is 1200. The number of nitrogens with zero attached hydrogens (tertiary/aromatic N) is 1. The van der Waals surface area contributed by atoms with Gasteiger partial charge in [0.05, 0.1) is 13.0 Å². The first-order chi connectivity index (χ1) is 31.8. The number of rotatable bonds is 44. The van der Waals surface area contributed by atoms with Crippen molar-refractivity contribution in [2.24, 2.45) is 5.41 Å². The first-order valence-corrected chi connectivity index (χ1v) is 27.3. The minimum absolute atomic E-state index is 0.138. The fraction of sp³-hybridized carbons (Fsp3) is 0.839. The van der Waals surface area contributed by atoms with Crippen LogP contribution in [0, 0.1) is 5.41 Å². The van der Waals surface area contributed by atoms with E-state index in [0.717, 1.165) is 96.3 Å². The molecular weight excluding hydrogens is 815 g/mol. The van der Waals surface area contributed by atoms with Gasteiger partial charge in [-0.05, 0) is 96.3 Å². The predicted octanol–water partition coefficient (Wildman–Crippen LogP) is 15.9. The highest BCUT2D eigenvalue weighted by Crippen LogP contribution is 2.33. The summed E-state index contributed by atoms with van der Waals surface area (Å²) in [6.07, 6.45) is 44.4. The number of piperidine rings is 1. The van der Waals surface area contributed by atoms with E-state index in [1.165, 1.54) is 89.0 Å². The second-order valence-corrected chi connectivity index (χ2v) is 18.7. The Labute approximate surface area is 400 Å². The van der Waals surface area contributed by atoms with Gasteiger partial charge in [-0.2, -0.15) is 0 Å². The van der Waals surface area contributed by atoms with Crippen molar-refractivity contribution in [2.45, 2.75) is 253 Å². The van der Waals surface area contributed by atoms with Crippen molar-refractivity contribution in [1.82, 2.24) is 4.90 Å². The lowest BCUT2D eigenvalue weighted by Gasteiger charge is -2.40. The molecule has 0 N–H and O–H groups in total. The van der Waals surface area contributed by atoms with Crippen molar-refractivity contribution < 1.29 is 38.1 Å². The van der Waals surface area contributed by atoms with E-state index in [2.05, 4.69) is 65.0 Å². The summed E-state index contributed by atoms with van der Waals surface area (Å²) in [5.41, 5.74) is 0.900. The molecule has 0 saturated carbocycles. The van der Waals surface area contributed by atoms with Gasteiger partial charge in [0.25, 0.3) is 0 Å². The first-order valence-electron chi connectivity index (χ1n) is 27.3. The van der Waals surface area contributed by atoms with Crippen LogP contribution < -0.4 is 0 Å². The Balaban J connectivity index is 2.68. The van der Waals surface area contributed by atoms with E-state index in [9.17, 15) is 14.4 Å². The topological polar surface area (TPSA) is 101 Å². The van der Waals surface area contributed by atoms with Crippen molar-refractivity contribution in [3.8, 4) is 0 Å². The van der Waals surface area contributed by atoms with Crippen LogP contribution in [0.4, 0.5) is 4.79 Å². The third-order valence-corrected chi connectivity index (χ3v) is 12.7. The molecule has 0 aromatic rings. The van der Waals surface area contributed by atoms with Gasteiger partial charge in [0, 0.05) is 44.6 Å². The normalized spacial score (nSPS) is 14.2. The third kappa shape index (κ3) is 35.2. The third-order valence-electron chi connectivity index (χ3n) is 12.7. The van der Waals surface area contributed by atoms with Crippen molar-refractivity contribution >= 4 is 18.0 Å². The highest BCUT2D eigenvalue weighted by molar-refractivity contribution is 5.70. The summed E-state index contributed by atoms with van der Waals surface area (Å²) >= 11 is 0. The molecule has 0 aliphatic carbocycles. The molecule has 0 radical (unpaired) electrons. The molecule has 9 nitrogen and oxygen atoms in total. The van der Waals surface area contributed by atoms with Crippen LogP contribution in [0.1, 0.15) is 247 Å². The number of ether oxygens (including phenoxy) is 5. The molecule has 1 fully saturated rings. The molecule has 0 aromatic carbocycles. The molecule has 1 aliphatic heterocycles. The average Bonchev–Trinajstić information content (AvgIpc) is 3.31. The molecule has 0 unspecified atom stereocenters. The predicted molar refractivity (Wildman–Crippen MR) is 270 cm³/mol. The van der Waals surface area contributed by atoms with Crippen molar-refractivity contribution in [1.29, 1.82) is 0 Å². The smallest absolute Gasteiger partial charge is 0.409 e. The zero-order valence-corrected chi connectivity index (χ0v) is 43.0. The molecule has 1 heterocycles. The number of allylic oxidation sites excluding steroid dienone is 6. The molecule has 0 bridgehead atoms. The lowest BCUT2D eigenvalue weighted by atomic mass is 9.80. The van der Waals surface area contributed by atoms with E-state index in [-0.39, 0.29) is 37.7 Å². The second-order valence-electron chi connectivity index (χ2n) is 18.7. The zero-order chi connectivity index (χ0) is 47.3. The minimum atomic E-state index is -0.565. The summed E-state index contributed by atoms with van der Waals surface area (Å²) < 4.78 is 29.9. The van der Waals surface area contributed by atoms with Gasteiger partial charge in [-0.3, -0.25) is 9.59 Å². The van der Waals surface area contributed by atoms with Crippen LogP contribution in [-0.2, 0) is 33.3 Å². The number of carbonyl (C=O) groups is 3. The maximum absolute atomic E-state index is 13.3. The van der Waals surface area contributed by atoms with E-state index in [1.54, 1.807) is 4.90 Å². The van der Waals surface area contributed by atoms with Crippen molar-refractivity contribution in [2.75, 3.05) is 46.1 Å². The van der Waals surface area contributed by atoms with Gasteiger partial charge in [-0.15, -0.1) is 0 Å². The van der Waals surface area contributed by atoms with Crippen LogP contribution in [0.25, 0.3) is 0 Å². The molecule has 0 spiro atoms. The summed E-state index contributed by atoms with van der Waals surface area (Å²) in [6.45, 7) is 13.9. The van der Waals surface area contributed by atoms with E-state index in [1.807, 2.05) is 0 Å². The number of hydrogen-bond donors (Lipinski definition) is 0. The quantitative estimate of drug-likeness (QED) is 0.0196. The Morgan fingerprint density at radius 3 is 1.57 bits per heavy atom. The highest BCUT2D eigenvalue weighted by Gasteiger charge is 2.39. The average molecular weight is 916 g/mol. The van der Waals surface area contributed by atoms with Crippen LogP contribution in [0.3, 0.4) is 0 Å². The second kappa shape index (κ2) is 43.9. The molecule has 1 saturated heterocycles. The maximum atomic E-state index is 13.3. The monoisotopic (exact) mass is 916 g/mol. The molecule has 1 aliphatic rings. The molecule has 1 rings (SSSR count). The number of esters is 2. The largest absolute Gasteiger partial charge is 0.465 e. The SMILES string of the molecule is CC/C=C(\CC)CCCCOC(=O)N1CCC(COC(=O)CCCCCCC/C=C\C/C=C\CCCCC)(COC(=O)CCC(OCCCCCCCC)OCCCCCCCC)CC1. The van der Waals surface area contributed by atoms with Crippen molar-refractivity contribution in [3.05, 3.63) is 36.0 Å². The summed E-state index contributed by atoms with van der Waals surface area (Å²) in [5, 5.41) is 0. The van der Waals surface area contributed by atoms with Gasteiger partial charge in [-0.1, -0.05) is 167 Å². The lowest BCUT2D eigenvalue weighted by molar-refractivity contribution is -0.164. The Morgan fingerprint density at radius 1 is 0.523 bits per heavy atom. The molecular formula is C56H101NO8. The van der Waals surface area contributed by atoms with Gasteiger partial charge in [0.15, 0.2) is 6.29 Å². The summed E-state index contributed by atoms with van der Waals surface area (Å²) in [5.74, 6) is -0.518. The molecule has 1 amide bonds. The van der Waals surface area contributed by atoms with Crippen LogP contribution in [0.15, 0.2) is 36.0 Å². The van der Waals surface area contributed by atoms with Crippen molar-refractivity contribution in [3.63, 3.8) is 0 Å². The molecule has 378 valence electrons. The number of carbonyl (C=O) groups excluding carboxylic acids is 3. The lowest BCUT2D eigenvalue weighted by Crippen LogP contribution is -2.47. The molecule has 0 atom stereocenters. The fourth-order valence-corrected chi connectivity index (χ4v) is 8.25.